The van der Waals surface area contributed by atoms with Gasteiger partial charge in [0.1, 0.15) is 76.7 Å². The van der Waals surface area contributed by atoms with Gasteiger partial charge in [0.2, 0.25) is 75.0 Å². The smallest absolute Gasteiger partial charge is 0.305 e. The van der Waals surface area contributed by atoms with Crippen LogP contribution >= 0.6 is 11.6 Å². The Morgan fingerprint density at radius 1 is 0.743 bits per heavy atom. The number of aromatic nitrogens is 2. The number of ether oxygens (including phenoxy) is 2. The second-order valence-corrected chi connectivity index (χ2v) is 29.8. The number of nitrogens with one attached hydrogen (secondary N) is 11. The Labute approximate surface area is 654 Å². The van der Waals surface area contributed by atoms with Gasteiger partial charge in [0, 0.05) is 55.6 Å². The Hall–Kier alpha value is -11.2. The third-order valence-electron chi connectivity index (χ3n) is 18.6. The number of halogens is 2. The molecule has 39 heteroatoms. The number of hydrogen-bond donors (Lipinski definition) is 17. The normalized spacial score (nSPS) is 16.5. The summed E-state index contributed by atoms with van der Waals surface area (Å²) < 4.78 is 53.8. The maximum Gasteiger partial charge on any atom is 0.305 e. The van der Waals surface area contributed by atoms with Gasteiger partial charge in [-0.25, -0.2) is 22.5 Å². The number of methoxy groups -OCH3 is 1. The van der Waals surface area contributed by atoms with Crippen LogP contribution < -0.4 is 67.8 Å². The third kappa shape index (κ3) is 26.5. The summed E-state index contributed by atoms with van der Waals surface area (Å²) in [5, 5.41) is 73.3. The van der Waals surface area contributed by atoms with Crippen molar-refractivity contribution in [3.8, 4) is 22.6 Å². The van der Waals surface area contributed by atoms with Crippen LogP contribution in [0.25, 0.3) is 11.1 Å². The molecule has 2 heterocycles. The number of carboxylic acid groups (broad SMARTS) is 2. The molecule has 6 rings (SSSR count). The second-order valence-electron chi connectivity index (χ2n) is 27.6. The highest BCUT2D eigenvalue weighted by atomic mass is 35.5. The van der Waals surface area contributed by atoms with E-state index < -0.39 is 203 Å². The summed E-state index contributed by atoms with van der Waals surface area (Å²) in [7, 11) is -2.48. The van der Waals surface area contributed by atoms with E-state index in [1.54, 1.807) is 55.5 Å². The van der Waals surface area contributed by atoms with Crippen molar-refractivity contribution in [2.24, 2.45) is 5.73 Å². The number of aryl methyl sites for hydroxylation is 2. The van der Waals surface area contributed by atoms with Crippen molar-refractivity contribution in [3.63, 3.8) is 0 Å². The number of benzene rings is 4. The number of aromatic amines is 1. The molecule has 11 amide bonds. The molecule has 614 valence electrons. The van der Waals surface area contributed by atoms with Gasteiger partial charge in [0.25, 0.3) is 0 Å². The number of aliphatic hydroxyl groups is 3. The summed E-state index contributed by atoms with van der Waals surface area (Å²) in [6.45, 7) is 5.54. The Morgan fingerprint density at radius 2 is 1.38 bits per heavy atom. The standard InChI is InChI=1S/C74H96ClFN14O22S/c1-9-43-31-48(111-7)20-21-49(43)44-17-15-42(16-18-44)30-53(65(101)81-51(63(77)99)25-28-112-57-23-19-46(75)29-39(57)2)82-66(102)54(33-60(97)98)83-67(103)56(37-91)84-68(104)61(40(3)92)87-71(107)73(5,34-45-13-10-11-14-50(45)76)88-69(105)62(41(4)93)86-58(94)36-79-64(100)52(22-24-59(95)96)85-72(108)74(6)26-12-27-90(74)70(106)55(89-113(8,109)110)32-47-35-78-38-80-47/h10-11,13-21,23,29,31,35,38,40-41,51-56,61-62,89,91-93H,9,12,22,24-28,30,32-34,36-37H2,1-8H3,(H2,77,99)(H,78,80)(H,79,100)(H,81,101)(H,82,102)(H,83,103)(H,84,104)(H,85,108)(H,86,94)(H,87,107)(H,88,105)(H,95,96)(H,97,98)/t40-,41-,51+,52+,53+,54+,55+,56+,61+,62+,73-,74-/m1/s1. The second kappa shape index (κ2) is 41.4. The molecule has 12 atom stereocenters. The zero-order valence-electron chi connectivity index (χ0n) is 63.2. The van der Waals surface area contributed by atoms with Crippen molar-refractivity contribution in [1.82, 2.24) is 67.4 Å². The predicted molar refractivity (Wildman–Crippen MR) is 403 cm³/mol. The van der Waals surface area contributed by atoms with E-state index in [1.165, 1.54) is 44.8 Å². The van der Waals surface area contributed by atoms with Gasteiger partial charge >= 0.3 is 11.9 Å². The molecule has 18 N–H and O–H groups in total. The maximum atomic E-state index is 15.5. The third-order valence-corrected chi connectivity index (χ3v) is 19.5. The first kappa shape index (κ1) is 90.7. The molecule has 1 aliphatic rings. The lowest BCUT2D eigenvalue weighted by atomic mass is 9.90. The monoisotopic (exact) mass is 1620 g/mol. The molecule has 0 radical (unpaired) electrons. The van der Waals surface area contributed by atoms with Crippen LogP contribution in [0.5, 0.6) is 11.5 Å². The van der Waals surface area contributed by atoms with Crippen LogP contribution in [0.4, 0.5) is 4.39 Å². The fourth-order valence-corrected chi connectivity index (χ4v) is 13.3. The highest BCUT2D eigenvalue weighted by Gasteiger charge is 2.49. The first-order valence-electron chi connectivity index (χ1n) is 35.8. The summed E-state index contributed by atoms with van der Waals surface area (Å²) in [6.07, 6.45) is -3.39. The van der Waals surface area contributed by atoms with E-state index in [2.05, 4.69) is 62.5 Å². The molecule has 4 aromatic carbocycles. The molecule has 0 unspecified atom stereocenters. The number of aliphatic hydroxyl groups excluding tert-OH is 3. The van der Waals surface area contributed by atoms with E-state index in [-0.39, 0.29) is 50.8 Å². The number of H-pyrrole nitrogens is 1. The minimum absolute atomic E-state index is 0.00210. The number of carbonyl (C=O) groups excluding carboxylic acids is 11. The van der Waals surface area contributed by atoms with Gasteiger partial charge in [-0.05, 0) is 130 Å². The zero-order valence-corrected chi connectivity index (χ0v) is 64.8. The van der Waals surface area contributed by atoms with Gasteiger partial charge < -0.3 is 98.5 Å². The number of sulfonamides is 1. The summed E-state index contributed by atoms with van der Waals surface area (Å²) in [6, 6.07) is 7.38. The summed E-state index contributed by atoms with van der Waals surface area (Å²) in [4.78, 5) is 187. The molecule has 0 saturated carbocycles. The molecule has 0 spiro atoms. The van der Waals surface area contributed by atoms with Crippen molar-refractivity contribution in [1.29, 1.82) is 0 Å². The lowest BCUT2D eigenvalue weighted by Crippen LogP contribution is -2.67. The number of rotatable bonds is 43. The molecule has 1 aliphatic heterocycles. The summed E-state index contributed by atoms with van der Waals surface area (Å²) in [5.74, 6) is -16.0. The average molecular weight is 1620 g/mol. The number of carboxylic acids is 2. The molecule has 113 heavy (non-hydrogen) atoms. The van der Waals surface area contributed by atoms with Crippen LogP contribution in [-0.2, 0) is 98.0 Å². The Balaban J connectivity index is 1.17. The number of aliphatic carboxylic acids is 2. The van der Waals surface area contributed by atoms with Crippen molar-refractivity contribution >= 4 is 98.5 Å². The number of nitrogens with two attached hydrogens (primary N) is 1. The molecule has 1 saturated heterocycles. The topological polar surface area (TPSA) is 554 Å². The predicted octanol–water partition coefficient (Wildman–Crippen LogP) is -1.49. The molecule has 0 aliphatic carbocycles. The molecule has 1 aromatic heterocycles. The quantitative estimate of drug-likeness (QED) is 0.0211. The van der Waals surface area contributed by atoms with Gasteiger partial charge in [0.05, 0.1) is 58.1 Å². The molecular weight excluding hydrogens is 1520 g/mol. The van der Waals surface area contributed by atoms with Crippen LogP contribution in [0.3, 0.4) is 0 Å². The van der Waals surface area contributed by atoms with Gasteiger partial charge in [-0.2, -0.15) is 0 Å². The van der Waals surface area contributed by atoms with E-state index in [0.29, 0.717) is 39.8 Å². The first-order chi connectivity index (χ1) is 53.2. The number of nitrogens with zero attached hydrogens (tertiary/aromatic N) is 2. The van der Waals surface area contributed by atoms with Gasteiger partial charge in [-0.15, -0.1) is 0 Å². The molecular formula is C74H96ClFN14O22S. The Bertz CT molecular complexity index is 4390. The zero-order chi connectivity index (χ0) is 83.8. The fourth-order valence-electron chi connectivity index (χ4n) is 12.4. The van der Waals surface area contributed by atoms with Crippen molar-refractivity contribution in [2.45, 2.75) is 177 Å². The highest BCUT2D eigenvalue weighted by molar-refractivity contribution is 7.88. The molecule has 36 nitrogen and oxygen atoms in total. The van der Waals surface area contributed by atoms with Crippen LogP contribution in [0, 0.1) is 12.7 Å². The molecule has 0 bridgehead atoms. The Morgan fingerprint density at radius 3 is 1.97 bits per heavy atom. The van der Waals surface area contributed by atoms with E-state index in [1.807, 2.05) is 19.1 Å². The number of primary amides is 1. The maximum absolute atomic E-state index is 15.5. The van der Waals surface area contributed by atoms with E-state index in [0.717, 1.165) is 54.7 Å². The average Bonchev–Trinajstić information content (AvgIpc) is 1.68. The minimum atomic E-state index is -4.01. The first-order valence-corrected chi connectivity index (χ1v) is 38.0. The van der Waals surface area contributed by atoms with Crippen LogP contribution in [0.1, 0.15) is 101 Å². The Kier molecular flexibility index (Phi) is 33.2. The summed E-state index contributed by atoms with van der Waals surface area (Å²) in [5.41, 5.74) is 5.34. The number of carbonyl (C=O) groups is 13. The van der Waals surface area contributed by atoms with Gasteiger partial charge in [-0.1, -0.05) is 67.1 Å². The van der Waals surface area contributed by atoms with Crippen molar-refractivity contribution in [3.05, 3.63) is 136 Å². The van der Waals surface area contributed by atoms with Gasteiger partial charge in [-0.3, -0.25) is 62.3 Å². The van der Waals surface area contributed by atoms with Gasteiger partial charge in [0.15, 0.2) is 0 Å². The highest BCUT2D eigenvalue weighted by Crippen LogP contribution is 2.32. The van der Waals surface area contributed by atoms with E-state index in [9.17, 15) is 96.3 Å². The SMILES string of the molecule is CCc1cc(OC)ccc1-c1ccc(C[C@H](NC(=O)[C@H](CC(=O)O)NC(=O)[C@H](CO)NC(=O)[C@@H](NC(=O)[C@@](C)(Cc2ccccc2F)NC(=O)[C@@H](NC(=O)CNC(=O)[C@H](CCC(=O)O)NC(=O)[C@@]2(C)CCCN2C(=O)[C@H](Cc2cnc[nH]2)NS(C)(=O)=O)[C@@H](C)O)[C@@H](C)O)C(=O)N[C@@H](CCOc2ccc(Cl)cc2C)C(N)=O)cc1. The fraction of sp³-hybridized carbons (Fsp3) is 0.459. The van der Waals surface area contributed by atoms with Crippen molar-refractivity contribution < 1.29 is 110 Å². The van der Waals surface area contributed by atoms with E-state index in [4.69, 9.17) is 26.8 Å². The number of imidazole rings is 1. The summed E-state index contributed by atoms with van der Waals surface area (Å²) >= 11 is 6.09. The van der Waals surface area contributed by atoms with Crippen LogP contribution in [-0.4, -0.2) is 237 Å². The van der Waals surface area contributed by atoms with Crippen LogP contribution in [0.2, 0.25) is 5.02 Å². The molecule has 5 aromatic rings. The lowest BCUT2D eigenvalue weighted by molar-refractivity contribution is -0.146. The molecule has 1 fully saturated rings. The lowest BCUT2D eigenvalue weighted by Gasteiger charge is -2.37. The van der Waals surface area contributed by atoms with E-state index >= 15 is 4.39 Å². The number of hydrogen-bond acceptors (Lipinski definition) is 21. The minimum Gasteiger partial charge on any atom is -0.497 e. The number of likely N-dealkylation sites (tertiary alicyclic amines) is 1. The van der Waals surface area contributed by atoms with Crippen LogP contribution in [0.15, 0.2) is 97.5 Å². The largest absolute Gasteiger partial charge is 0.497 e. The van der Waals surface area contributed by atoms with Crippen molar-refractivity contribution in [2.75, 3.05) is 39.7 Å². The number of amides is 11.